The van der Waals surface area contributed by atoms with Gasteiger partial charge in [0.2, 0.25) is 0 Å². The number of methoxy groups -OCH3 is 1. The molecule has 8 nitrogen and oxygen atoms in total. The number of hydrogen-bond donors (Lipinski definition) is 0. The normalized spacial score (nSPS) is 15.6. The topological polar surface area (TPSA) is 95.7 Å². The average molecular weight is 461 g/mol. The molecule has 0 radical (unpaired) electrons. The number of benzene rings is 2. The van der Waals surface area contributed by atoms with Crippen molar-refractivity contribution in [3.8, 4) is 11.4 Å². The van der Waals surface area contributed by atoms with Crippen molar-refractivity contribution in [2.45, 2.75) is 19.9 Å². The Labute approximate surface area is 185 Å². The summed E-state index contributed by atoms with van der Waals surface area (Å²) < 4.78 is 36.5. The molecule has 31 heavy (non-hydrogen) atoms. The Kier molecular flexibility index (Phi) is 5.83. The van der Waals surface area contributed by atoms with Crippen LogP contribution in [0.1, 0.15) is 35.7 Å². The highest BCUT2D eigenvalue weighted by Gasteiger charge is 2.29. The van der Waals surface area contributed by atoms with Crippen LogP contribution in [-0.4, -0.2) is 48.4 Å². The third-order valence-electron chi connectivity index (χ3n) is 5.01. The van der Waals surface area contributed by atoms with Crippen LogP contribution >= 0.6 is 11.6 Å². The maximum absolute atomic E-state index is 12.0. The zero-order valence-corrected chi connectivity index (χ0v) is 18.8. The Bertz CT molecular complexity index is 1250. The summed E-state index contributed by atoms with van der Waals surface area (Å²) in [5, 5.41) is 9.08. The standard InChI is InChI=1S/C21H21ClN4O4S/c1-4-31(27,28)30-12-18-21-25-24-13(2)26(21)19-10-9-16(29-3)11-17(19)20(23-18)14-5-7-15(22)8-6-14/h5-11,18H,4,12H2,1-3H3. The Morgan fingerprint density at radius 1 is 1.13 bits per heavy atom. The van der Waals surface area contributed by atoms with Gasteiger partial charge in [-0.05, 0) is 44.2 Å². The van der Waals surface area contributed by atoms with Crippen LogP contribution in [0, 0.1) is 6.92 Å². The first-order valence-corrected chi connectivity index (χ1v) is 11.6. The van der Waals surface area contributed by atoms with E-state index in [1.54, 1.807) is 19.2 Å². The van der Waals surface area contributed by atoms with Crippen molar-refractivity contribution in [2.24, 2.45) is 4.99 Å². The van der Waals surface area contributed by atoms with Crippen LogP contribution in [0.5, 0.6) is 5.75 Å². The molecule has 10 heteroatoms. The fraction of sp³-hybridized carbons (Fsp3) is 0.286. The fourth-order valence-electron chi connectivity index (χ4n) is 3.40. The van der Waals surface area contributed by atoms with Gasteiger partial charge in [-0.3, -0.25) is 13.7 Å². The number of aryl methyl sites for hydroxylation is 1. The first-order valence-electron chi connectivity index (χ1n) is 9.64. The molecular weight excluding hydrogens is 440 g/mol. The van der Waals surface area contributed by atoms with E-state index in [9.17, 15) is 8.42 Å². The lowest BCUT2D eigenvalue weighted by atomic mass is 10.00. The summed E-state index contributed by atoms with van der Waals surface area (Å²) in [7, 11) is -2.06. The molecule has 0 saturated heterocycles. The summed E-state index contributed by atoms with van der Waals surface area (Å²) >= 11 is 6.08. The molecule has 0 spiro atoms. The maximum Gasteiger partial charge on any atom is 0.267 e. The monoisotopic (exact) mass is 460 g/mol. The van der Waals surface area contributed by atoms with Crippen molar-refractivity contribution in [3.63, 3.8) is 0 Å². The average Bonchev–Trinajstić information content (AvgIpc) is 3.08. The first-order chi connectivity index (χ1) is 14.8. The van der Waals surface area contributed by atoms with E-state index >= 15 is 0 Å². The Hall–Kier alpha value is -2.75. The molecule has 0 bridgehead atoms. The minimum atomic E-state index is -3.66. The van der Waals surface area contributed by atoms with Gasteiger partial charge in [0.1, 0.15) is 17.6 Å². The van der Waals surface area contributed by atoms with Gasteiger partial charge < -0.3 is 4.74 Å². The van der Waals surface area contributed by atoms with Crippen LogP contribution in [0.3, 0.4) is 0 Å². The van der Waals surface area contributed by atoms with Crippen molar-refractivity contribution in [1.29, 1.82) is 0 Å². The van der Waals surface area contributed by atoms with Gasteiger partial charge in [-0.25, -0.2) is 0 Å². The van der Waals surface area contributed by atoms with Crippen LogP contribution < -0.4 is 4.74 Å². The highest BCUT2D eigenvalue weighted by Crippen LogP contribution is 2.33. The van der Waals surface area contributed by atoms with E-state index in [0.717, 1.165) is 16.8 Å². The van der Waals surface area contributed by atoms with Gasteiger partial charge in [-0.2, -0.15) is 8.42 Å². The van der Waals surface area contributed by atoms with Crippen LogP contribution in [0.25, 0.3) is 5.69 Å². The third-order valence-corrected chi connectivity index (χ3v) is 6.46. The van der Waals surface area contributed by atoms with E-state index in [1.165, 1.54) is 6.92 Å². The maximum atomic E-state index is 12.0. The molecule has 3 aromatic rings. The zero-order chi connectivity index (χ0) is 22.2. The summed E-state index contributed by atoms with van der Waals surface area (Å²) in [6.07, 6.45) is 0. The van der Waals surface area contributed by atoms with Gasteiger partial charge in [0.25, 0.3) is 10.1 Å². The molecule has 1 unspecified atom stereocenters. The molecule has 0 N–H and O–H groups in total. The predicted octanol–water partition coefficient (Wildman–Crippen LogP) is 3.50. The van der Waals surface area contributed by atoms with Gasteiger partial charge in [0.05, 0.1) is 30.9 Å². The lowest BCUT2D eigenvalue weighted by Gasteiger charge is -2.14. The summed E-state index contributed by atoms with van der Waals surface area (Å²) in [5.74, 6) is 1.68. The molecule has 1 aliphatic rings. The van der Waals surface area contributed by atoms with Gasteiger partial charge in [0, 0.05) is 16.1 Å². The smallest absolute Gasteiger partial charge is 0.267 e. The second-order valence-electron chi connectivity index (χ2n) is 6.96. The molecular formula is C21H21ClN4O4S. The van der Waals surface area contributed by atoms with E-state index in [4.69, 9.17) is 25.5 Å². The van der Waals surface area contributed by atoms with Crippen LogP contribution in [0.4, 0.5) is 0 Å². The number of hydrogen-bond acceptors (Lipinski definition) is 7. The highest BCUT2D eigenvalue weighted by molar-refractivity contribution is 7.86. The van der Waals surface area contributed by atoms with E-state index in [2.05, 4.69) is 10.2 Å². The number of halogens is 1. The molecule has 0 saturated carbocycles. The van der Waals surface area contributed by atoms with Crippen molar-refractivity contribution in [2.75, 3.05) is 19.5 Å². The SMILES string of the molecule is CCS(=O)(=O)OCC1N=C(c2ccc(Cl)cc2)c2cc(OC)ccc2-n2c(C)nnc21. The predicted molar refractivity (Wildman–Crippen MR) is 118 cm³/mol. The number of fused-ring (bicyclic) bond motifs is 3. The first kappa shape index (κ1) is 21.5. The van der Waals surface area contributed by atoms with Crippen molar-refractivity contribution in [1.82, 2.24) is 14.8 Å². The Morgan fingerprint density at radius 3 is 2.55 bits per heavy atom. The third kappa shape index (κ3) is 4.21. The van der Waals surface area contributed by atoms with E-state index in [1.807, 2.05) is 41.8 Å². The number of ether oxygens (including phenoxy) is 1. The Balaban J connectivity index is 1.94. The van der Waals surface area contributed by atoms with Crippen molar-refractivity contribution < 1.29 is 17.3 Å². The molecule has 1 aromatic heterocycles. The summed E-state index contributed by atoms with van der Waals surface area (Å²) in [6.45, 7) is 3.18. The Morgan fingerprint density at radius 2 is 1.87 bits per heavy atom. The van der Waals surface area contributed by atoms with Crippen LogP contribution in [0.2, 0.25) is 5.02 Å². The minimum absolute atomic E-state index is 0.128. The summed E-state index contributed by atoms with van der Waals surface area (Å²) in [6, 6.07) is 12.2. The second-order valence-corrected chi connectivity index (χ2v) is 9.32. The van der Waals surface area contributed by atoms with Crippen molar-refractivity contribution >= 4 is 27.4 Å². The van der Waals surface area contributed by atoms with Crippen LogP contribution in [-0.2, 0) is 14.3 Å². The second kappa shape index (κ2) is 8.41. The van der Waals surface area contributed by atoms with Gasteiger partial charge in [0.15, 0.2) is 5.82 Å². The van der Waals surface area contributed by atoms with E-state index in [0.29, 0.717) is 28.1 Å². The summed E-state index contributed by atoms with van der Waals surface area (Å²) in [4.78, 5) is 4.89. The lowest BCUT2D eigenvalue weighted by Crippen LogP contribution is -2.16. The molecule has 0 fully saturated rings. The molecule has 1 atom stereocenters. The number of rotatable bonds is 6. The molecule has 1 aliphatic heterocycles. The van der Waals surface area contributed by atoms with Crippen molar-refractivity contribution in [3.05, 3.63) is 70.3 Å². The highest BCUT2D eigenvalue weighted by atomic mass is 35.5. The fourth-order valence-corrected chi connectivity index (χ4v) is 4.03. The van der Waals surface area contributed by atoms with E-state index in [-0.39, 0.29) is 12.4 Å². The van der Waals surface area contributed by atoms with Gasteiger partial charge in [-0.1, -0.05) is 23.7 Å². The van der Waals surface area contributed by atoms with Crippen LogP contribution in [0.15, 0.2) is 47.5 Å². The number of nitrogens with zero attached hydrogens (tertiary/aromatic N) is 4. The minimum Gasteiger partial charge on any atom is -0.497 e. The zero-order valence-electron chi connectivity index (χ0n) is 17.2. The number of aliphatic imine (C=N–C) groups is 1. The molecule has 0 aliphatic carbocycles. The quantitative estimate of drug-likeness (QED) is 0.522. The molecule has 4 rings (SSSR count). The van der Waals surface area contributed by atoms with Gasteiger partial charge >= 0.3 is 0 Å². The molecule has 0 amide bonds. The molecule has 162 valence electrons. The summed E-state index contributed by atoms with van der Waals surface area (Å²) in [5.41, 5.74) is 3.08. The molecule has 2 heterocycles. The van der Waals surface area contributed by atoms with E-state index < -0.39 is 16.2 Å². The largest absolute Gasteiger partial charge is 0.497 e. The number of aromatic nitrogens is 3. The molecule has 2 aromatic carbocycles. The lowest BCUT2D eigenvalue weighted by molar-refractivity contribution is 0.290. The van der Waals surface area contributed by atoms with Gasteiger partial charge in [-0.15, -0.1) is 10.2 Å².